The fourth-order valence-electron chi connectivity index (χ4n) is 5.01. The molecule has 0 spiro atoms. The van der Waals surface area contributed by atoms with Crippen molar-refractivity contribution in [2.24, 2.45) is 7.05 Å². The molecule has 40 heavy (non-hydrogen) atoms. The monoisotopic (exact) mass is 539 g/mol. The molecule has 0 saturated carbocycles. The number of hydrogen-bond donors (Lipinski definition) is 0. The van der Waals surface area contributed by atoms with Crippen molar-refractivity contribution in [3.63, 3.8) is 0 Å². The topological polar surface area (TPSA) is 96.7 Å². The minimum atomic E-state index is -0.187. The number of carbonyl (C=O) groups is 2. The van der Waals surface area contributed by atoms with Crippen molar-refractivity contribution in [3.05, 3.63) is 84.3 Å². The average molecular weight is 540 g/mol. The van der Waals surface area contributed by atoms with Crippen LogP contribution in [0.25, 0.3) is 11.3 Å². The van der Waals surface area contributed by atoms with Gasteiger partial charge in [0.15, 0.2) is 5.69 Å². The Kier molecular flexibility index (Phi) is 8.04. The van der Waals surface area contributed by atoms with E-state index in [0.717, 1.165) is 34.7 Å². The predicted molar refractivity (Wildman–Crippen MR) is 153 cm³/mol. The lowest BCUT2D eigenvalue weighted by Crippen LogP contribution is -2.39. The summed E-state index contributed by atoms with van der Waals surface area (Å²) < 4.78 is 7.00. The van der Waals surface area contributed by atoms with Crippen LogP contribution in [0.4, 0.5) is 11.6 Å². The summed E-state index contributed by atoms with van der Waals surface area (Å²) in [6.45, 7) is 4.07. The Labute approximate surface area is 233 Å². The van der Waals surface area contributed by atoms with Gasteiger partial charge in [-0.15, -0.1) is 0 Å². The molecule has 2 amide bonds. The zero-order valence-corrected chi connectivity index (χ0v) is 23.0. The van der Waals surface area contributed by atoms with Crippen LogP contribution in [-0.4, -0.2) is 69.8 Å². The summed E-state index contributed by atoms with van der Waals surface area (Å²) in [4.78, 5) is 41.2. The van der Waals surface area contributed by atoms with Crippen molar-refractivity contribution in [2.75, 3.05) is 43.1 Å². The lowest BCUT2D eigenvalue weighted by Gasteiger charge is -2.27. The van der Waals surface area contributed by atoms with Gasteiger partial charge in [0.1, 0.15) is 5.75 Å². The molecule has 1 aliphatic heterocycles. The van der Waals surface area contributed by atoms with Gasteiger partial charge in [-0.3, -0.25) is 14.3 Å². The molecular weight excluding hydrogens is 506 g/mol. The summed E-state index contributed by atoms with van der Waals surface area (Å²) in [5.41, 5.74) is 3.83. The molecule has 4 aromatic rings. The molecular formula is C30H33N7O3. The third-order valence-corrected chi connectivity index (χ3v) is 7.08. The lowest BCUT2D eigenvalue weighted by molar-refractivity contribution is -0.116. The third-order valence-electron chi connectivity index (χ3n) is 7.08. The highest BCUT2D eigenvalue weighted by Crippen LogP contribution is 2.26. The van der Waals surface area contributed by atoms with E-state index in [4.69, 9.17) is 4.74 Å². The number of nitrogens with zero attached hydrogens (tertiary/aromatic N) is 7. The quantitative estimate of drug-likeness (QED) is 0.389. The maximum Gasteiger partial charge on any atom is 0.274 e. The number of benzene rings is 2. The van der Waals surface area contributed by atoms with Gasteiger partial charge < -0.3 is 19.4 Å². The van der Waals surface area contributed by atoms with Crippen LogP contribution in [0.2, 0.25) is 0 Å². The van der Waals surface area contributed by atoms with Crippen molar-refractivity contribution in [1.29, 1.82) is 0 Å². The first-order chi connectivity index (χ1) is 19.4. The predicted octanol–water partition coefficient (Wildman–Crippen LogP) is 3.79. The van der Waals surface area contributed by atoms with Gasteiger partial charge in [-0.1, -0.05) is 18.2 Å². The number of aromatic nitrogens is 4. The maximum absolute atomic E-state index is 14.0. The van der Waals surface area contributed by atoms with Crippen LogP contribution in [-0.2, 0) is 18.4 Å². The molecule has 5 rings (SSSR count). The van der Waals surface area contributed by atoms with Crippen LogP contribution >= 0.6 is 0 Å². The van der Waals surface area contributed by atoms with Gasteiger partial charge in [0.2, 0.25) is 11.9 Å². The van der Waals surface area contributed by atoms with Crippen molar-refractivity contribution >= 4 is 23.5 Å². The highest BCUT2D eigenvalue weighted by Gasteiger charge is 2.25. The molecule has 0 N–H and O–H groups in total. The zero-order valence-electron chi connectivity index (χ0n) is 23.0. The number of rotatable bonds is 4. The van der Waals surface area contributed by atoms with Gasteiger partial charge in [-0.2, -0.15) is 5.10 Å². The highest BCUT2D eigenvalue weighted by molar-refractivity contribution is 5.94. The highest BCUT2D eigenvalue weighted by atomic mass is 16.5. The van der Waals surface area contributed by atoms with Crippen LogP contribution in [0.5, 0.6) is 5.75 Å². The second-order valence-electron chi connectivity index (χ2n) is 9.68. The molecule has 206 valence electrons. The van der Waals surface area contributed by atoms with E-state index in [2.05, 4.69) is 20.0 Å². The molecule has 0 radical (unpaired) electrons. The second-order valence-corrected chi connectivity index (χ2v) is 9.68. The number of aryl methyl sites for hydroxylation is 1. The summed E-state index contributed by atoms with van der Waals surface area (Å²) >= 11 is 0. The van der Waals surface area contributed by atoms with Crippen LogP contribution in [0, 0.1) is 0 Å². The number of para-hydroxylation sites is 1. The van der Waals surface area contributed by atoms with Gasteiger partial charge in [0, 0.05) is 70.3 Å². The number of carbonyl (C=O) groups excluding carboxylic acids is 2. The van der Waals surface area contributed by atoms with E-state index in [1.807, 2.05) is 61.6 Å². The first kappa shape index (κ1) is 26.9. The number of hydrogen-bond acceptors (Lipinski definition) is 7. The van der Waals surface area contributed by atoms with E-state index >= 15 is 0 Å². The van der Waals surface area contributed by atoms with E-state index < -0.39 is 0 Å². The Morgan fingerprint density at radius 1 is 0.900 bits per heavy atom. The van der Waals surface area contributed by atoms with Crippen LogP contribution in [0.3, 0.4) is 0 Å². The SMILES string of the molecule is COc1ccc(-c2cc(C(=O)N3CCN(c4ncccn4)CCCN(C(C)=O)c4ccccc4C3)nn2C)cc1. The summed E-state index contributed by atoms with van der Waals surface area (Å²) in [5.74, 6) is 1.13. The van der Waals surface area contributed by atoms with Crippen molar-refractivity contribution in [2.45, 2.75) is 19.9 Å². The number of methoxy groups -OCH3 is 1. The number of anilines is 2. The number of fused-ring (bicyclic) bond motifs is 1. The lowest BCUT2D eigenvalue weighted by atomic mass is 10.1. The fourth-order valence-corrected chi connectivity index (χ4v) is 5.01. The molecule has 0 unspecified atom stereocenters. The molecule has 2 aromatic carbocycles. The molecule has 0 atom stereocenters. The Bertz CT molecular complexity index is 1470. The summed E-state index contributed by atoms with van der Waals surface area (Å²) in [6, 6.07) is 19.0. The average Bonchev–Trinajstić information content (AvgIpc) is 3.36. The Hall–Kier alpha value is -4.73. The van der Waals surface area contributed by atoms with Gasteiger partial charge in [0.25, 0.3) is 5.91 Å². The third kappa shape index (κ3) is 5.80. The molecule has 10 nitrogen and oxygen atoms in total. The normalized spacial score (nSPS) is 14.3. The summed E-state index contributed by atoms with van der Waals surface area (Å²) in [6.07, 6.45) is 4.15. The van der Waals surface area contributed by atoms with Crippen LogP contribution < -0.4 is 14.5 Å². The van der Waals surface area contributed by atoms with E-state index in [-0.39, 0.29) is 11.8 Å². The Morgan fingerprint density at radius 2 is 1.65 bits per heavy atom. The minimum absolute atomic E-state index is 0.0408. The van der Waals surface area contributed by atoms with Crippen molar-refractivity contribution in [1.82, 2.24) is 24.6 Å². The zero-order chi connectivity index (χ0) is 28.1. The molecule has 0 bridgehead atoms. The Morgan fingerprint density at radius 3 is 2.38 bits per heavy atom. The smallest absolute Gasteiger partial charge is 0.274 e. The van der Waals surface area contributed by atoms with Gasteiger partial charge in [-0.05, 0) is 54.4 Å². The summed E-state index contributed by atoms with van der Waals surface area (Å²) in [7, 11) is 3.46. The minimum Gasteiger partial charge on any atom is -0.497 e. The molecule has 10 heteroatoms. The molecule has 0 fully saturated rings. The number of ether oxygens (including phenoxy) is 1. The second kappa shape index (κ2) is 12.0. The molecule has 3 heterocycles. The number of amides is 2. The molecule has 2 aromatic heterocycles. The Balaban J connectivity index is 1.49. The molecule has 0 aliphatic carbocycles. The maximum atomic E-state index is 14.0. The molecule has 0 saturated heterocycles. The van der Waals surface area contributed by atoms with Crippen LogP contribution in [0.1, 0.15) is 29.4 Å². The van der Waals surface area contributed by atoms with E-state index in [9.17, 15) is 9.59 Å². The van der Waals surface area contributed by atoms with Crippen LogP contribution in [0.15, 0.2) is 73.1 Å². The van der Waals surface area contributed by atoms with Gasteiger partial charge in [-0.25, -0.2) is 9.97 Å². The fraction of sp³-hybridized carbons (Fsp3) is 0.300. The van der Waals surface area contributed by atoms with Crippen molar-refractivity contribution < 1.29 is 14.3 Å². The van der Waals surface area contributed by atoms with Crippen molar-refractivity contribution in [3.8, 4) is 17.0 Å². The van der Waals surface area contributed by atoms with E-state index in [0.29, 0.717) is 44.4 Å². The summed E-state index contributed by atoms with van der Waals surface area (Å²) in [5, 5.41) is 4.59. The first-order valence-electron chi connectivity index (χ1n) is 13.3. The van der Waals surface area contributed by atoms with E-state index in [1.165, 1.54) is 0 Å². The largest absolute Gasteiger partial charge is 0.497 e. The van der Waals surface area contributed by atoms with Gasteiger partial charge in [0.05, 0.1) is 12.8 Å². The van der Waals surface area contributed by atoms with E-state index in [1.54, 1.807) is 47.0 Å². The molecule has 1 aliphatic rings. The standard InChI is InChI=1S/C30H33N7O3/c1-22(38)37-17-7-16-35(30-31-14-6-15-32-30)18-19-36(21-24-8-4-5-9-27(24)37)29(39)26-20-28(34(2)33-26)23-10-12-25(40-3)13-11-23/h4-6,8-15,20H,7,16-19,21H2,1-3H3. The first-order valence-corrected chi connectivity index (χ1v) is 13.3. The van der Waals surface area contributed by atoms with Gasteiger partial charge >= 0.3 is 0 Å².